The highest BCUT2D eigenvalue weighted by molar-refractivity contribution is 6.12. The van der Waals surface area contributed by atoms with Crippen LogP contribution in [0.4, 0.5) is 0 Å². The van der Waals surface area contributed by atoms with Gasteiger partial charge in [-0.25, -0.2) is 0 Å². The molecule has 1 aliphatic carbocycles. The third-order valence-corrected chi connectivity index (χ3v) is 9.22. The maximum atomic E-state index is 6.34. The van der Waals surface area contributed by atoms with Gasteiger partial charge in [0.2, 0.25) is 0 Å². The summed E-state index contributed by atoms with van der Waals surface area (Å²) in [5.41, 5.74) is 13.2. The van der Waals surface area contributed by atoms with Crippen LogP contribution in [0, 0.1) is 0 Å². The van der Waals surface area contributed by atoms with E-state index in [4.69, 9.17) is 4.42 Å². The Morgan fingerprint density at radius 3 is 2.10 bits per heavy atom. The first-order chi connectivity index (χ1) is 20.1. The summed E-state index contributed by atoms with van der Waals surface area (Å²) in [6, 6.07) is 46.2. The quantitative estimate of drug-likeness (QED) is 0.219. The number of furan rings is 1. The molecule has 0 fully saturated rings. The van der Waals surface area contributed by atoms with Gasteiger partial charge < -0.3 is 8.98 Å². The van der Waals surface area contributed by atoms with Crippen LogP contribution in [0.15, 0.2) is 132 Å². The molecule has 0 amide bonds. The van der Waals surface area contributed by atoms with Gasteiger partial charge in [0.1, 0.15) is 11.2 Å². The number of para-hydroxylation sites is 3. The predicted octanol–water partition coefficient (Wildman–Crippen LogP) is 10.7. The Balaban J connectivity index is 1.25. The lowest BCUT2D eigenvalue weighted by molar-refractivity contribution is 0.661. The maximum Gasteiger partial charge on any atom is 0.143 e. The van der Waals surface area contributed by atoms with Crippen LogP contribution in [0.5, 0.6) is 0 Å². The zero-order valence-electron chi connectivity index (χ0n) is 23.0. The molecule has 0 spiro atoms. The first kappa shape index (κ1) is 22.7. The van der Waals surface area contributed by atoms with Crippen LogP contribution in [-0.4, -0.2) is 4.57 Å². The molecule has 41 heavy (non-hydrogen) atoms. The lowest BCUT2D eigenvalue weighted by Crippen LogP contribution is -2.14. The van der Waals surface area contributed by atoms with Crippen LogP contribution >= 0.6 is 0 Å². The van der Waals surface area contributed by atoms with Gasteiger partial charge in [0.25, 0.3) is 0 Å². The molecule has 1 aliphatic rings. The summed E-state index contributed by atoms with van der Waals surface area (Å²) >= 11 is 0. The van der Waals surface area contributed by atoms with Crippen LogP contribution in [-0.2, 0) is 5.41 Å². The van der Waals surface area contributed by atoms with Crippen molar-refractivity contribution >= 4 is 43.7 Å². The topological polar surface area (TPSA) is 18.1 Å². The van der Waals surface area contributed by atoms with E-state index in [2.05, 4.69) is 134 Å². The van der Waals surface area contributed by atoms with Crippen molar-refractivity contribution in [3.63, 3.8) is 0 Å². The van der Waals surface area contributed by atoms with Crippen LogP contribution in [0.3, 0.4) is 0 Å². The fourth-order valence-electron chi connectivity index (χ4n) is 7.21. The smallest absolute Gasteiger partial charge is 0.143 e. The van der Waals surface area contributed by atoms with Crippen molar-refractivity contribution < 1.29 is 4.42 Å². The summed E-state index contributed by atoms with van der Waals surface area (Å²) in [5, 5.41) is 4.90. The Hall–Kier alpha value is -5.08. The van der Waals surface area contributed by atoms with E-state index >= 15 is 0 Å². The van der Waals surface area contributed by atoms with Crippen molar-refractivity contribution in [1.82, 2.24) is 4.57 Å². The molecule has 0 saturated heterocycles. The fraction of sp³-hybridized carbons (Fsp3) is 0.0769. The second-order valence-corrected chi connectivity index (χ2v) is 11.8. The third-order valence-electron chi connectivity index (χ3n) is 9.22. The van der Waals surface area contributed by atoms with Gasteiger partial charge in [0.05, 0.1) is 11.0 Å². The first-order valence-electron chi connectivity index (χ1n) is 14.3. The standard InChI is InChI=1S/C39H27NO/c1-39(2)33-15-6-3-10-27(33)31-23-36-32(22-34(31)39)28-11-4-7-16-35(28)40(36)25-20-18-24(19-21-25)26-13-9-14-30-29-12-5-8-17-37(29)41-38(26)30/h3-23H,1-2H3. The van der Waals surface area contributed by atoms with Gasteiger partial charge in [-0.2, -0.15) is 0 Å². The molecule has 8 aromatic rings. The molecule has 194 valence electrons. The number of benzene rings is 6. The third kappa shape index (κ3) is 3.02. The van der Waals surface area contributed by atoms with Crippen LogP contribution in [0.2, 0.25) is 0 Å². The zero-order valence-corrected chi connectivity index (χ0v) is 23.0. The summed E-state index contributed by atoms with van der Waals surface area (Å²) in [5.74, 6) is 0. The molecule has 2 aromatic heterocycles. The van der Waals surface area contributed by atoms with E-state index in [-0.39, 0.29) is 5.41 Å². The average molecular weight is 526 g/mol. The molecule has 0 aliphatic heterocycles. The van der Waals surface area contributed by atoms with Gasteiger partial charge in [0, 0.05) is 38.2 Å². The highest BCUT2D eigenvalue weighted by Crippen LogP contribution is 2.51. The van der Waals surface area contributed by atoms with Crippen molar-refractivity contribution in [2.24, 2.45) is 0 Å². The Kier molecular flexibility index (Phi) is 4.42. The molecule has 9 rings (SSSR count). The zero-order chi connectivity index (χ0) is 27.3. The number of rotatable bonds is 2. The molecular formula is C39H27NO. The second-order valence-electron chi connectivity index (χ2n) is 11.8. The molecule has 2 heteroatoms. The normalized spacial score (nSPS) is 13.8. The number of hydrogen-bond donors (Lipinski definition) is 0. The summed E-state index contributed by atoms with van der Waals surface area (Å²) < 4.78 is 8.76. The van der Waals surface area contributed by atoms with Crippen molar-refractivity contribution in [2.45, 2.75) is 19.3 Å². The van der Waals surface area contributed by atoms with Crippen molar-refractivity contribution in [3.05, 3.63) is 139 Å². The highest BCUT2D eigenvalue weighted by Gasteiger charge is 2.36. The van der Waals surface area contributed by atoms with Crippen LogP contribution < -0.4 is 0 Å². The maximum absolute atomic E-state index is 6.34. The van der Waals surface area contributed by atoms with Gasteiger partial charge >= 0.3 is 0 Å². The SMILES string of the molecule is CC1(C)c2ccccc2-c2cc3c(cc21)c1ccccc1n3-c1ccc(-c2cccc3c2oc2ccccc23)cc1. The Labute approximate surface area is 238 Å². The van der Waals surface area contributed by atoms with E-state index in [9.17, 15) is 0 Å². The lowest BCUT2D eigenvalue weighted by atomic mass is 9.82. The van der Waals surface area contributed by atoms with Crippen molar-refractivity contribution in [2.75, 3.05) is 0 Å². The summed E-state index contributed by atoms with van der Waals surface area (Å²) in [7, 11) is 0. The van der Waals surface area contributed by atoms with E-state index in [1.165, 1.54) is 44.1 Å². The second kappa shape index (κ2) is 7.99. The van der Waals surface area contributed by atoms with Crippen LogP contribution in [0.1, 0.15) is 25.0 Å². The molecular weight excluding hydrogens is 498 g/mol. The van der Waals surface area contributed by atoms with E-state index in [1.54, 1.807) is 0 Å². The van der Waals surface area contributed by atoms with E-state index in [0.29, 0.717) is 0 Å². The average Bonchev–Trinajstić information content (AvgIpc) is 3.63. The Morgan fingerprint density at radius 2 is 1.22 bits per heavy atom. The summed E-state index contributed by atoms with van der Waals surface area (Å²) in [6.07, 6.45) is 0. The van der Waals surface area contributed by atoms with Gasteiger partial charge in [-0.1, -0.05) is 105 Å². The minimum atomic E-state index is -0.0252. The van der Waals surface area contributed by atoms with Gasteiger partial charge in [-0.3, -0.25) is 0 Å². The molecule has 0 bridgehead atoms. The minimum Gasteiger partial charge on any atom is -0.455 e. The fourth-order valence-corrected chi connectivity index (χ4v) is 7.21. The van der Waals surface area contributed by atoms with Gasteiger partial charge in [-0.05, 0) is 64.2 Å². The van der Waals surface area contributed by atoms with Crippen LogP contribution in [0.25, 0.3) is 71.7 Å². The summed E-state index contributed by atoms with van der Waals surface area (Å²) in [6.45, 7) is 4.70. The Morgan fingerprint density at radius 1 is 0.512 bits per heavy atom. The largest absolute Gasteiger partial charge is 0.455 e. The number of aromatic nitrogens is 1. The lowest BCUT2D eigenvalue weighted by Gasteiger charge is -2.21. The molecule has 2 heterocycles. The van der Waals surface area contributed by atoms with Gasteiger partial charge in [0.15, 0.2) is 0 Å². The molecule has 6 aromatic carbocycles. The predicted molar refractivity (Wildman–Crippen MR) is 171 cm³/mol. The van der Waals surface area contributed by atoms with Crippen molar-refractivity contribution in [3.8, 4) is 27.9 Å². The van der Waals surface area contributed by atoms with E-state index in [0.717, 1.165) is 38.8 Å². The molecule has 0 radical (unpaired) electrons. The molecule has 0 N–H and O–H groups in total. The number of nitrogens with zero attached hydrogens (tertiary/aromatic N) is 1. The molecule has 0 unspecified atom stereocenters. The van der Waals surface area contributed by atoms with Crippen molar-refractivity contribution in [1.29, 1.82) is 0 Å². The van der Waals surface area contributed by atoms with E-state index < -0.39 is 0 Å². The Bertz CT molecular complexity index is 2330. The number of hydrogen-bond acceptors (Lipinski definition) is 1. The van der Waals surface area contributed by atoms with E-state index in [1.807, 2.05) is 12.1 Å². The summed E-state index contributed by atoms with van der Waals surface area (Å²) in [4.78, 5) is 0. The molecule has 0 atom stereocenters. The first-order valence-corrected chi connectivity index (χ1v) is 14.3. The molecule has 0 saturated carbocycles. The molecule has 2 nitrogen and oxygen atoms in total. The monoisotopic (exact) mass is 525 g/mol. The highest BCUT2D eigenvalue weighted by atomic mass is 16.3. The van der Waals surface area contributed by atoms with Gasteiger partial charge in [-0.15, -0.1) is 0 Å². The minimum absolute atomic E-state index is 0.0252. The number of fused-ring (bicyclic) bond motifs is 9.